The summed E-state index contributed by atoms with van der Waals surface area (Å²) in [4.78, 5) is 30.9. The normalized spacial score (nSPS) is 14.3. The van der Waals surface area contributed by atoms with Gasteiger partial charge in [0.15, 0.2) is 4.34 Å². The molecule has 30 heavy (non-hydrogen) atoms. The Morgan fingerprint density at radius 2 is 1.97 bits per heavy atom. The predicted octanol–water partition coefficient (Wildman–Crippen LogP) is 3.90. The van der Waals surface area contributed by atoms with E-state index in [0.29, 0.717) is 32.1 Å². The highest BCUT2D eigenvalue weighted by Crippen LogP contribution is 2.31. The van der Waals surface area contributed by atoms with Crippen LogP contribution in [-0.4, -0.2) is 53.8 Å². The number of fused-ring (bicyclic) bond motifs is 1. The van der Waals surface area contributed by atoms with Gasteiger partial charge in [-0.2, -0.15) is 0 Å². The molecule has 8 heteroatoms. The molecule has 1 aliphatic heterocycles. The largest absolute Gasteiger partial charge is 0.378 e. The van der Waals surface area contributed by atoms with Gasteiger partial charge in [-0.05, 0) is 29.8 Å². The van der Waals surface area contributed by atoms with Crippen LogP contribution < -0.4 is 5.32 Å². The van der Waals surface area contributed by atoms with Gasteiger partial charge in [0.2, 0.25) is 11.8 Å². The lowest BCUT2D eigenvalue weighted by Gasteiger charge is -2.26. The van der Waals surface area contributed by atoms with Crippen molar-refractivity contribution in [2.75, 3.05) is 37.4 Å². The fraction of sp³-hybridized carbons (Fsp3) is 0.227. The molecule has 1 aliphatic rings. The van der Waals surface area contributed by atoms with Crippen molar-refractivity contribution in [3.63, 3.8) is 0 Å². The van der Waals surface area contributed by atoms with Crippen molar-refractivity contribution in [3.8, 4) is 0 Å². The zero-order valence-electron chi connectivity index (χ0n) is 16.2. The zero-order valence-corrected chi connectivity index (χ0v) is 17.9. The van der Waals surface area contributed by atoms with Gasteiger partial charge in [0.25, 0.3) is 0 Å². The van der Waals surface area contributed by atoms with E-state index in [0.717, 1.165) is 25.8 Å². The number of aromatic nitrogens is 1. The summed E-state index contributed by atoms with van der Waals surface area (Å²) in [5.41, 5.74) is 2.55. The maximum absolute atomic E-state index is 12.3. The number of thiazole rings is 1. The molecule has 1 saturated heterocycles. The van der Waals surface area contributed by atoms with E-state index < -0.39 is 0 Å². The number of ether oxygens (including phenoxy) is 1. The lowest BCUT2D eigenvalue weighted by molar-refractivity contribution is -0.132. The molecule has 0 unspecified atom stereocenters. The van der Waals surface area contributed by atoms with Crippen LogP contribution in [0.25, 0.3) is 16.3 Å². The Labute approximate surface area is 182 Å². The first-order valence-electron chi connectivity index (χ1n) is 9.60. The lowest BCUT2D eigenvalue weighted by atomic mass is 10.2. The molecule has 2 amide bonds. The minimum Gasteiger partial charge on any atom is -0.378 e. The Hall–Kier alpha value is -2.68. The maximum Gasteiger partial charge on any atom is 0.248 e. The summed E-state index contributed by atoms with van der Waals surface area (Å²) in [6.45, 7) is 2.52. The van der Waals surface area contributed by atoms with Gasteiger partial charge < -0.3 is 15.0 Å². The molecule has 0 bridgehead atoms. The molecule has 4 rings (SSSR count). The number of hydrogen-bond acceptors (Lipinski definition) is 6. The number of rotatable bonds is 6. The number of nitrogens with one attached hydrogen (secondary N) is 1. The van der Waals surface area contributed by atoms with E-state index in [-0.39, 0.29) is 11.8 Å². The van der Waals surface area contributed by atoms with Crippen LogP contribution in [0.2, 0.25) is 0 Å². The quantitative estimate of drug-likeness (QED) is 0.466. The first-order valence-corrected chi connectivity index (χ1v) is 11.4. The third-order valence-electron chi connectivity index (χ3n) is 4.55. The summed E-state index contributed by atoms with van der Waals surface area (Å²) in [6, 6.07) is 15.3. The van der Waals surface area contributed by atoms with Crippen molar-refractivity contribution in [2.45, 2.75) is 4.34 Å². The van der Waals surface area contributed by atoms with Gasteiger partial charge in [-0.25, -0.2) is 4.98 Å². The number of carbonyl (C=O) groups is 2. The Morgan fingerprint density at radius 1 is 1.17 bits per heavy atom. The van der Waals surface area contributed by atoms with E-state index in [9.17, 15) is 9.59 Å². The van der Waals surface area contributed by atoms with Crippen LogP contribution in [0.5, 0.6) is 0 Å². The van der Waals surface area contributed by atoms with Gasteiger partial charge in [-0.1, -0.05) is 42.1 Å². The van der Waals surface area contributed by atoms with Crippen LogP contribution in [0.3, 0.4) is 0 Å². The van der Waals surface area contributed by atoms with Crippen molar-refractivity contribution in [3.05, 3.63) is 60.2 Å². The summed E-state index contributed by atoms with van der Waals surface area (Å²) < 4.78 is 7.10. The molecule has 1 N–H and O–H groups in total. The van der Waals surface area contributed by atoms with E-state index in [1.807, 2.05) is 53.4 Å². The van der Waals surface area contributed by atoms with Gasteiger partial charge in [-0.3, -0.25) is 9.59 Å². The number of amides is 2. The zero-order chi connectivity index (χ0) is 20.8. The first-order chi connectivity index (χ1) is 14.7. The minimum absolute atomic E-state index is 0.112. The van der Waals surface area contributed by atoms with Crippen LogP contribution in [-0.2, 0) is 14.3 Å². The third kappa shape index (κ3) is 5.47. The van der Waals surface area contributed by atoms with E-state index in [1.165, 1.54) is 29.2 Å². The highest BCUT2D eigenvalue weighted by atomic mass is 32.2. The van der Waals surface area contributed by atoms with Crippen LogP contribution in [0.1, 0.15) is 5.56 Å². The lowest BCUT2D eigenvalue weighted by Crippen LogP contribution is -2.41. The third-order valence-corrected chi connectivity index (χ3v) is 6.69. The molecular weight excluding hydrogens is 418 g/mol. The number of nitrogens with zero attached hydrogens (tertiary/aromatic N) is 2. The predicted molar refractivity (Wildman–Crippen MR) is 122 cm³/mol. The number of anilines is 1. The molecule has 0 atom stereocenters. The topological polar surface area (TPSA) is 71.5 Å². The van der Waals surface area contributed by atoms with E-state index >= 15 is 0 Å². The van der Waals surface area contributed by atoms with Crippen molar-refractivity contribution in [1.82, 2.24) is 9.88 Å². The molecule has 154 valence electrons. The summed E-state index contributed by atoms with van der Waals surface area (Å²) in [5, 5.41) is 2.88. The van der Waals surface area contributed by atoms with Gasteiger partial charge in [0.05, 0.1) is 29.2 Å². The molecule has 6 nitrogen and oxygen atoms in total. The molecule has 0 saturated carbocycles. The van der Waals surface area contributed by atoms with Crippen molar-refractivity contribution >= 4 is 56.9 Å². The molecule has 1 fully saturated rings. The van der Waals surface area contributed by atoms with E-state index in [4.69, 9.17) is 4.74 Å². The second-order valence-corrected chi connectivity index (χ2v) is 8.93. The smallest absolute Gasteiger partial charge is 0.248 e. The van der Waals surface area contributed by atoms with Gasteiger partial charge in [-0.15, -0.1) is 11.3 Å². The molecule has 0 aliphatic carbocycles. The van der Waals surface area contributed by atoms with E-state index in [2.05, 4.69) is 10.3 Å². The van der Waals surface area contributed by atoms with Crippen LogP contribution in [0, 0.1) is 0 Å². The highest BCUT2D eigenvalue weighted by Gasteiger charge is 2.17. The van der Waals surface area contributed by atoms with Gasteiger partial charge in [0.1, 0.15) is 0 Å². The Morgan fingerprint density at radius 3 is 2.77 bits per heavy atom. The maximum atomic E-state index is 12.3. The number of benzene rings is 2. The summed E-state index contributed by atoms with van der Waals surface area (Å²) in [7, 11) is 0. The van der Waals surface area contributed by atoms with Crippen molar-refractivity contribution in [1.29, 1.82) is 0 Å². The van der Waals surface area contributed by atoms with Crippen molar-refractivity contribution < 1.29 is 14.3 Å². The Kier molecular flexibility index (Phi) is 6.78. The average molecular weight is 440 g/mol. The molecule has 0 radical (unpaired) electrons. The standard InChI is InChI=1S/C22H21N3O3S2/c26-20(9-6-16-4-2-1-3-5-16)23-17-7-8-18-19(14-17)30-22(24-18)29-15-21(27)25-10-12-28-13-11-25/h1-9,14H,10-13,15H2,(H,23,26)/b9-6+. The molecule has 2 heterocycles. The minimum atomic E-state index is -0.187. The first kappa shape index (κ1) is 20.6. The SMILES string of the molecule is O=C(/C=C/c1ccccc1)Nc1ccc2nc(SCC(=O)N3CCOCC3)sc2c1. The molecule has 2 aromatic carbocycles. The number of carbonyl (C=O) groups excluding carboxylic acids is 2. The van der Waals surface area contributed by atoms with Crippen LogP contribution >= 0.6 is 23.1 Å². The van der Waals surface area contributed by atoms with Gasteiger partial charge >= 0.3 is 0 Å². The second kappa shape index (κ2) is 9.88. The summed E-state index contributed by atoms with van der Waals surface area (Å²) >= 11 is 2.97. The summed E-state index contributed by atoms with van der Waals surface area (Å²) in [5.74, 6) is 0.294. The second-order valence-electron chi connectivity index (χ2n) is 6.68. The number of morpholine rings is 1. The van der Waals surface area contributed by atoms with Crippen molar-refractivity contribution in [2.24, 2.45) is 0 Å². The number of hydrogen-bond donors (Lipinski definition) is 1. The molecular formula is C22H21N3O3S2. The Balaban J connectivity index is 1.35. The fourth-order valence-corrected chi connectivity index (χ4v) is 5.00. The highest BCUT2D eigenvalue weighted by molar-refractivity contribution is 8.01. The fourth-order valence-electron chi connectivity index (χ4n) is 2.99. The Bertz CT molecular complexity index is 1060. The van der Waals surface area contributed by atoms with Crippen LogP contribution in [0.15, 0.2) is 58.9 Å². The number of thioether (sulfide) groups is 1. The molecule has 3 aromatic rings. The monoisotopic (exact) mass is 439 g/mol. The van der Waals surface area contributed by atoms with Gasteiger partial charge in [0, 0.05) is 24.9 Å². The summed E-state index contributed by atoms with van der Waals surface area (Å²) in [6.07, 6.45) is 3.30. The van der Waals surface area contributed by atoms with E-state index in [1.54, 1.807) is 6.08 Å². The van der Waals surface area contributed by atoms with Crippen LogP contribution in [0.4, 0.5) is 5.69 Å². The molecule has 0 spiro atoms. The average Bonchev–Trinajstić information content (AvgIpc) is 3.19. The molecule has 1 aromatic heterocycles.